The van der Waals surface area contributed by atoms with E-state index in [1.807, 2.05) is 13.8 Å². The predicted molar refractivity (Wildman–Crippen MR) is 166 cm³/mol. The van der Waals surface area contributed by atoms with Crippen molar-refractivity contribution in [3.63, 3.8) is 0 Å². The molecule has 0 bridgehead atoms. The van der Waals surface area contributed by atoms with E-state index in [0.717, 1.165) is 11.1 Å². The van der Waals surface area contributed by atoms with Crippen molar-refractivity contribution in [2.24, 2.45) is 0 Å². The van der Waals surface area contributed by atoms with Gasteiger partial charge in [0.05, 0.1) is 29.8 Å². The summed E-state index contributed by atoms with van der Waals surface area (Å²) in [7, 11) is -1.32. The van der Waals surface area contributed by atoms with Crippen molar-refractivity contribution in [1.29, 1.82) is 0 Å². The number of nitrogens with one attached hydrogen (secondary N) is 1. The summed E-state index contributed by atoms with van der Waals surface area (Å²) in [5.41, 5.74) is 2.19. The molecule has 0 spiro atoms. The first kappa shape index (κ1) is 33.5. The van der Waals surface area contributed by atoms with Crippen LogP contribution in [0.3, 0.4) is 0 Å². The summed E-state index contributed by atoms with van der Waals surface area (Å²) in [6.45, 7) is 2.81. The Hall–Kier alpha value is -5.84. The fourth-order valence-corrected chi connectivity index (χ4v) is 6.05. The van der Waals surface area contributed by atoms with Gasteiger partial charge in [-0.3, -0.25) is 9.42 Å². The van der Waals surface area contributed by atoms with E-state index in [4.69, 9.17) is 28.4 Å². The number of hydrogen-bond acceptors (Lipinski definition) is 14. The predicted octanol–water partition coefficient (Wildman–Crippen LogP) is 3.29. The minimum atomic E-state index is -4.29. The molecule has 0 fully saturated rings. The van der Waals surface area contributed by atoms with Gasteiger partial charge in [-0.05, 0) is 54.1 Å². The van der Waals surface area contributed by atoms with Crippen LogP contribution in [-0.2, 0) is 19.3 Å². The summed E-state index contributed by atoms with van der Waals surface area (Å²) in [4.78, 5) is 31.9. The Kier molecular flexibility index (Phi) is 9.98. The maximum atomic E-state index is 12.9. The lowest BCUT2D eigenvalue weighted by Gasteiger charge is -2.14. The summed E-state index contributed by atoms with van der Waals surface area (Å²) in [6, 6.07) is 14.1. The van der Waals surface area contributed by atoms with Gasteiger partial charge in [0.2, 0.25) is 0 Å². The summed E-state index contributed by atoms with van der Waals surface area (Å²) >= 11 is 0. The zero-order valence-electron chi connectivity index (χ0n) is 26.2. The van der Waals surface area contributed by atoms with E-state index >= 15 is 0 Å². The summed E-state index contributed by atoms with van der Waals surface area (Å²) in [6.07, 6.45) is -1.03. The first-order valence-corrected chi connectivity index (χ1v) is 15.7. The van der Waals surface area contributed by atoms with E-state index in [9.17, 15) is 23.2 Å². The highest BCUT2D eigenvalue weighted by atomic mass is 32.2. The molecule has 0 unspecified atom stereocenters. The van der Waals surface area contributed by atoms with Crippen molar-refractivity contribution >= 4 is 26.9 Å². The Labute approximate surface area is 273 Å². The lowest BCUT2D eigenvalue weighted by molar-refractivity contribution is -0.832. The van der Waals surface area contributed by atoms with Gasteiger partial charge in [0, 0.05) is 17.7 Å². The molecule has 17 heteroatoms. The Morgan fingerprint density at radius 1 is 0.938 bits per heavy atom. The van der Waals surface area contributed by atoms with Crippen LogP contribution in [0, 0.1) is 19.1 Å². The van der Waals surface area contributed by atoms with Gasteiger partial charge in [-0.1, -0.05) is 18.2 Å². The fraction of sp³-hybridized carbons (Fsp3) is 0.258. The summed E-state index contributed by atoms with van der Waals surface area (Å²) < 4.78 is 61.7. The topological polar surface area (TPSA) is 205 Å². The van der Waals surface area contributed by atoms with Crippen LogP contribution in [0.1, 0.15) is 11.1 Å². The average molecular weight is 683 g/mol. The number of carbonyl (C=O) groups excluding carboxylic acids is 1. The van der Waals surface area contributed by atoms with Crippen LogP contribution >= 0.6 is 0 Å². The minimum absolute atomic E-state index is 0.000415. The van der Waals surface area contributed by atoms with Crippen LogP contribution < -0.4 is 29.4 Å². The molecule has 48 heavy (non-hydrogen) atoms. The Bertz CT molecular complexity index is 2090. The molecule has 1 N–H and O–H groups in total. The normalized spacial score (nSPS) is 11.2. The van der Waals surface area contributed by atoms with E-state index in [2.05, 4.69) is 19.8 Å². The Morgan fingerprint density at radius 2 is 1.60 bits per heavy atom. The number of nitrogens with zero attached hydrogens (tertiary/aromatic N) is 3. The molecular formula is C31H30N4O12S. The SMILES string of the molecule is COc1cc(OC)c2c(=O)[nH]c(-c3cc(C)c(OCCOC(=O)OCCOc4no[n+]([O-])c4S(=O)(=O)c4ccccc4)c(C)c3)nc2c1. The first-order chi connectivity index (χ1) is 23.0. The molecule has 2 heterocycles. The molecule has 5 aromatic rings. The molecule has 0 saturated heterocycles. The number of benzene rings is 3. The van der Waals surface area contributed by atoms with E-state index < -0.39 is 26.9 Å². The number of carbonyl (C=O) groups is 1. The molecule has 0 aliphatic rings. The van der Waals surface area contributed by atoms with Crippen LogP contribution in [0.25, 0.3) is 22.3 Å². The number of ether oxygens (including phenoxy) is 6. The maximum Gasteiger partial charge on any atom is 0.508 e. The van der Waals surface area contributed by atoms with E-state index in [1.54, 1.807) is 30.3 Å². The smallest absolute Gasteiger partial charge is 0.497 e. The van der Waals surface area contributed by atoms with E-state index in [0.29, 0.717) is 39.5 Å². The Balaban J connectivity index is 1.13. The molecular weight excluding hydrogens is 652 g/mol. The standard InChI is InChI=1S/C31H30N4O12S/c1-18-14-20(27-32-23-16-21(41-3)17-24(42-4)25(23)28(36)33-27)15-19(2)26(18)43-10-12-45-31(37)46-13-11-44-29-30(35(38)47-34-29)48(39,40)22-8-6-5-7-9-22/h5-9,14-17H,10-13H2,1-4H3,(H,32,33,36). The van der Waals surface area contributed by atoms with Crippen molar-refractivity contribution in [2.45, 2.75) is 23.8 Å². The van der Waals surface area contributed by atoms with Crippen molar-refractivity contribution in [1.82, 2.24) is 15.1 Å². The fourth-order valence-electron chi connectivity index (χ4n) is 4.76. The van der Waals surface area contributed by atoms with Gasteiger partial charge in [-0.25, -0.2) is 18.2 Å². The molecule has 16 nitrogen and oxygen atoms in total. The molecule has 0 saturated carbocycles. The number of methoxy groups -OCH3 is 2. The van der Waals surface area contributed by atoms with Gasteiger partial charge in [0.25, 0.3) is 15.4 Å². The highest BCUT2D eigenvalue weighted by molar-refractivity contribution is 7.91. The third kappa shape index (κ3) is 7.10. The van der Waals surface area contributed by atoms with E-state index in [-0.39, 0.29) is 41.8 Å². The summed E-state index contributed by atoms with van der Waals surface area (Å²) in [5, 5.41) is 14.8. The first-order valence-electron chi connectivity index (χ1n) is 14.3. The van der Waals surface area contributed by atoms with Crippen LogP contribution in [-0.4, -0.2) is 70.3 Å². The van der Waals surface area contributed by atoms with Crippen molar-refractivity contribution in [2.75, 3.05) is 40.6 Å². The third-order valence-electron chi connectivity index (χ3n) is 6.88. The number of H-pyrrole nitrogens is 1. The van der Waals surface area contributed by atoms with Gasteiger partial charge in [0.1, 0.15) is 54.9 Å². The Morgan fingerprint density at radius 3 is 2.25 bits per heavy atom. The van der Waals surface area contributed by atoms with Gasteiger partial charge in [0.15, 0.2) is 0 Å². The van der Waals surface area contributed by atoms with Crippen molar-refractivity contribution < 1.29 is 51.2 Å². The van der Waals surface area contributed by atoms with Gasteiger partial charge in [-0.15, -0.1) is 0 Å². The average Bonchev–Trinajstić information content (AvgIpc) is 3.46. The van der Waals surface area contributed by atoms with Crippen LogP contribution in [0.4, 0.5) is 4.79 Å². The second-order valence-electron chi connectivity index (χ2n) is 10.1. The third-order valence-corrected chi connectivity index (χ3v) is 8.61. The highest BCUT2D eigenvalue weighted by Crippen LogP contribution is 2.32. The van der Waals surface area contributed by atoms with Crippen molar-refractivity contribution in [3.05, 3.63) is 81.3 Å². The largest absolute Gasteiger partial charge is 0.508 e. The van der Waals surface area contributed by atoms with Gasteiger partial charge < -0.3 is 38.6 Å². The second kappa shape index (κ2) is 14.3. The minimum Gasteiger partial charge on any atom is -0.497 e. The monoisotopic (exact) mass is 682 g/mol. The van der Waals surface area contributed by atoms with Crippen molar-refractivity contribution in [3.8, 4) is 34.5 Å². The number of aryl methyl sites for hydroxylation is 2. The lowest BCUT2D eigenvalue weighted by Crippen LogP contribution is -2.31. The van der Waals surface area contributed by atoms with E-state index in [1.165, 1.54) is 38.5 Å². The number of hydrogen-bond donors (Lipinski definition) is 1. The van der Waals surface area contributed by atoms with Crippen LogP contribution in [0.15, 0.2) is 73.9 Å². The van der Waals surface area contributed by atoms with Crippen LogP contribution in [0.5, 0.6) is 23.1 Å². The molecule has 2 aromatic heterocycles. The molecule has 0 aliphatic carbocycles. The molecule has 252 valence electrons. The number of rotatable bonds is 13. The zero-order chi connectivity index (χ0) is 34.4. The highest BCUT2D eigenvalue weighted by Gasteiger charge is 2.35. The molecule has 5 rings (SSSR count). The summed E-state index contributed by atoms with van der Waals surface area (Å²) in [5.74, 6) is 1.16. The second-order valence-corrected chi connectivity index (χ2v) is 11.9. The number of aromatic amines is 1. The number of fused-ring (bicyclic) bond motifs is 1. The molecule has 3 aromatic carbocycles. The number of sulfone groups is 1. The quantitative estimate of drug-likeness (QED) is 0.108. The van der Waals surface area contributed by atoms with Crippen LogP contribution in [0.2, 0.25) is 0 Å². The number of aromatic nitrogens is 4. The van der Waals surface area contributed by atoms with Gasteiger partial charge in [-0.2, -0.15) is 0 Å². The molecule has 0 amide bonds. The lowest BCUT2D eigenvalue weighted by atomic mass is 10.0. The molecule has 0 atom stereocenters. The molecule has 0 aliphatic heterocycles. The van der Waals surface area contributed by atoms with Gasteiger partial charge >= 0.3 is 17.1 Å². The maximum absolute atomic E-state index is 12.9. The zero-order valence-corrected chi connectivity index (χ0v) is 27.0. The molecule has 0 radical (unpaired) electrons.